The van der Waals surface area contributed by atoms with Crippen molar-refractivity contribution in [2.75, 3.05) is 7.11 Å². The zero-order chi connectivity index (χ0) is 20.3. The molecular formula is C27H32O2. The van der Waals surface area contributed by atoms with Crippen molar-refractivity contribution in [3.05, 3.63) is 66.2 Å². The lowest BCUT2D eigenvalue weighted by Crippen LogP contribution is -1.99. The number of unbranched alkanes of at least 4 members (excludes halogenated alkanes) is 7. The van der Waals surface area contributed by atoms with Crippen LogP contribution in [0.3, 0.4) is 0 Å². The number of esters is 1. The Morgan fingerprint density at radius 1 is 0.759 bits per heavy atom. The van der Waals surface area contributed by atoms with Gasteiger partial charge < -0.3 is 4.74 Å². The van der Waals surface area contributed by atoms with Gasteiger partial charge in [0.15, 0.2) is 0 Å². The zero-order valence-electron chi connectivity index (χ0n) is 17.5. The first-order valence-corrected chi connectivity index (χ1v) is 10.9. The van der Waals surface area contributed by atoms with E-state index in [2.05, 4.69) is 71.5 Å². The molecule has 0 fully saturated rings. The number of benzene rings is 3. The number of methoxy groups -OCH3 is 1. The molecule has 0 aliphatic rings. The number of carbonyl (C=O) groups is 1. The van der Waals surface area contributed by atoms with Crippen LogP contribution in [-0.4, -0.2) is 13.1 Å². The molecule has 0 unspecified atom stereocenters. The third-order valence-corrected chi connectivity index (χ3v) is 5.52. The highest BCUT2D eigenvalue weighted by molar-refractivity contribution is 5.98. The molecule has 0 aliphatic carbocycles. The van der Waals surface area contributed by atoms with E-state index in [0.29, 0.717) is 6.42 Å². The molecule has 2 nitrogen and oxygen atoms in total. The van der Waals surface area contributed by atoms with Crippen LogP contribution in [0.5, 0.6) is 0 Å². The van der Waals surface area contributed by atoms with Gasteiger partial charge in [-0.3, -0.25) is 4.79 Å². The maximum atomic E-state index is 11.0. The third kappa shape index (κ3) is 6.74. The topological polar surface area (TPSA) is 26.3 Å². The van der Waals surface area contributed by atoms with Gasteiger partial charge in [0.05, 0.1) is 7.11 Å². The smallest absolute Gasteiger partial charge is 0.305 e. The Morgan fingerprint density at radius 3 is 2.10 bits per heavy atom. The summed E-state index contributed by atoms with van der Waals surface area (Å²) in [6.07, 6.45) is 14.6. The summed E-state index contributed by atoms with van der Waals surface area (Å²) in [5.41, 5.74) is 1.28. The van der Waals surface area contributed by atoms with Crippen LogP contribution in [0.4, 0.5) is 0 Å². The Bertz CT molecular complexity index is 955. The number of rotatable bonds is 11. The molecule has 0 spiro atoms. The number of fused-ring (bicyclic) bond motifs is 2. The van der Waals surface area contributed by atoms with Crippen molar-refractivity contribution in [1.29, 1.82) is 0 Å². The van der Waals surface area contributed by atoms with Gasteiger partial charge in [-0.25, -0.2) is 0 Å². The maximum absolute atomic E-state index is 11.0. The highest BCUT2D eigenvalue weighted by Crippen LogP contribution is 2.24. The fourth-order valence-corrected chi connectivity index (χ4v) is 3.80. The number of hydrogen-bond acceptors (Lipinski definition) is 2. The minimum atomic E-state index is -0.0865. The largest absolute Gasteiger partial charge is 0.469 e. The average molecular weight is 389 g/mol. The van der Waals surface area contributed by atoms with Crippen LogP contribution >= 0.6 is 0 Å². The molecule has 2 heteroatoms. The number of ether oxygens (including phenoxy) is 1. The molecule has 0 saturated heterocycles. The zero-order valence-corrected chi connectivity index (χ0v) is 17.5. The fourth-order valence-electron chi connectivity index (χ4n) is 3.80. The third-order valence-electron chi connectivity index (χ3n) is 5.52. The maximum Gasteiger partial charge on any atom is 0.305 e. The van der Waals surface area contributed by atoms with E-state index in [1.807, 2.05) is 0 Å². The van der Waals surface area contributed by atoms with Crippen LogP contribution in [0.1, 0.15) is 63.4 Å². The number of allylic oxidation sites excluding steroid dienone is 1. The first kappa shape index (κ1) is 21.1. The predicted molar refractivity (Wildman–Crippen MR) is 124 cm³/mol. The molecule has 0 aliphatic heterocycles. The summed E-state index contributed by atoms with van der Waals surface area (Å²) in [6, 6.07) is 19.8. The molecule has 0 N–H and O–H groups in total. The van der Waals surface area contributed by atoms with Gasteiger partial charge in [-0.2, -0.15) is 0 Å². The second-order valence-electron chi connectivity index (χ2n) is 7.80. The lowest BCUT2D eigenvalue weighted by Gasteiger charge is -2.04. The minimum Gasteiger partial charge on any atom is -0.469 e. The predicted octanol–water partition coefficient (Wildman–Crippen LogP) is 7.69. The number of carbonyl (C=O) groups excluding carboxylic acids is 1. The van der Waals surface area contributed by atoms with Gasteiger partial charge in [0.1, 0.15) is 0 Å². The standard InChI is InChI=1S/C27H32O2/c1-29-27(28)16-10-8-6-4-2-3-5-7-9-13-22-17-18-25-20-23-14-11-12-15-24(23)21-26(25)19-22/h9,11-15,17-21H,2-8,10,16H2,1H3. The van der Waals surface area contributed by atoms with E-state index >= 15 is 0 Å². The van der Waals surface area contributed by atoms with Crippen molar-refractivity contribution in [3.8, 4) is 0 Å². The molecule has 3 rings (SSSR count). The van der Waals surface area contributed by atoms with Gasteiger partial charge >= 0.3 is 5.97 Å². The number of hydrogen-bond donors (Lipinski definition) is 0. The van der Waals surface area contributed by atoms with Gasteiger partial charge in [-0.15, -0.1) is 0 Å². The van der Waals surface area contributed by atoms with E-state index in [4.69, 9.17) is 0 Å². The molecule has 0 heterocycles. The van der Waals surface area contributed by atoms with Gasteiger partial charge in [0.2, 0.25) is 0 Å². The second-order valence-corrected chi connectivity index (χ2v) is 7.80. The minimum absolute atomic E-state index is 0.0865. The van der Waals surface area contributed by atoms with E-state index in [9.17, 15) is 4.79 Å². The second kappa shape index (κ2) is 11.4. The fraction of sp³-hybridized carbons (Fsp3) is 0.370. The summed E-state index contributed by atoms with van der Waals surface area (Å²) >= 11 is 0. The molecule has 0 radical (unpaired) electrons. The lowest BCUT2D eigenvalue weighted by molar-refractivity contribution is -0.140. The van der Waals surface area contributed by atoms with Crippen molar-refractivity contribution in [1.82, 2.24) is 0 Å². The quantitative estimate of drug-likeness (QED) is 0.191. The summed E-state index contributed by atoms with van der Waals surface area (Å²) in [7, 11) is 1.46. The average Bonchev–Trinajstić information content (AvgIpc) is 2.75. The van der Waals surface area contributed by atoms with Gasteiger partial charge in [0, 0.05) is 6.42 Å². The Kier molecular flexibility index (Phi) is 8.30. The molecule has 0 amide bonds. The van der Waals surface area contributed by atoms with Crippen molar-refractivity contribution >= 4 is 33.6 Å². The molecule has 3 aromatic carbocycles. The molecule has 3 aromatic rings. The van der Waals surface area contributed by atoms with Crippen LogP contribution in [0, 0.1) is 0 Å². The Balaban J connectivity index is 1.35. The van der Waals surface area contributed by atoms with Crippen LogP contribution in [-0.2, 0) is 9.53 Å². The van der Waals surface area contributed by atoms with Crippen LogP contribution in [0.25, 0.3) is 27.6 Å². The summed E-state index contributed by atoms with van der Waals surface area (Å²) < 4.78 is 4.66. The van der Waals surface area contributed by atoms with E-state index in [0.717, 1.165) is 19.3 Å². The van der Waals surface area contributed by atoms with Crippen LogP contribution in [0.2, 0.25) is 0 Å². The summed E-state index contributed by atoms with van der Waals surface area (Å²) in [5.74, 6) is -0.0865. The first-order valence-electron chi connectivity index (χ1n) is 10.9. The van der Waals surface area contributed by atoms with Crippen molar-refractivity contribution in [3.63, 3.8) is 0 Å². The van der Waals surface area contributed by atoms with Crippen LogP contribution in [0.15, 0.2) is 60.7 Å². The molecule has 29 heavy (non-hydrogen) atoms. The van der Waals surface area contributed by atoms with Crippen molar-refractivity contribution < 1.29 is 9.53 Å². The summed E-state index contributed by atoms with van der Waals surface area (Å²) in [6.45, 7) is 0. The van der Waals surface area contributed by atoms with Gasteiger partial charge in [-0.05, 0) is 64.6 Å². The molecule has 0 atom stereocenters. The SMILES string of the molecule is COC(=O)CCCCCCCCCC=Cc1ccc2cc3ccccc3cc2c1. The molecule has 152 valence electrons. The summed E-state index contributed by atoms with van der Waals surface area (Å²) in [4.78, 5) is 11.0. The normalized spacial score (nSPS) is 11.5. The van der Waals surface area contributed by atoms with Gasteiger partial charge in [0.25, 0.3) is 0 Å². The molecule has 0 bridgehead atoms. The van der Waals surface area contributed by atoms with E-state index in [1.165, 1.54) is 66.3 Å². The van der Waals surface area contributed by atoms with Crippen molar-refractivity contribution in [2.45, 2.75) is 57.8 Å². The highest BCUT2D eigenvalue weighted by Gasteiger charge is 2.00. The van der Waals surface area contributed by atoms with E-state index in [-0.39, 0.29) is 5.97 Å². The Hall–Kier alpha value is -2.61. The lowest BCUT2D eigenvalue weighted by atomic mass is 10.0. The highest BCUT2D eigenvalue weighted by atomic mass is 16.5. The Labute approximate surface area is 174 Å². The monoisotopic (exact) mass is 388 g/mol. The van der Waals surface area contributed by atoms with E-state index in [1.54, 1.807) is 0 Å². The Morgan fingerprint density at radius 2 is 1.38 bits per heavy atom. The molecular weight excluding hydrogens is 356 g/mol. The van der Waals surface area contributed by atoms with Crippen molar-refractivity contribution in [2.24, 2.45) is 0 Å². The molecule has 0 saturated carbocycles. The summed E-state index contributed by atoms with van der Waals surface area (Å²) in [5, 5.41) is 5.20. The van der Waals surface area contributed by atoms with E-state index < -0.39 is 0 Å². The first-order chi connectivity index (χ1) is 14.3. The van der Waals surface area contributed by atoms with Gasteiger partial charge in [-0.1, -0.05) is 80.7 Å². The molecule has 0 aromatic heterocycles. The van der Waals surface area contributed by atoms with Crippen LogP contribution < -0.4 is 0 Å².